The van der Waals surface area contributed by atoms with E-state index in [1.807, 2.05) is 32.0 Å². The summed E-state index contributed by atoms with van der Waals surface area (Å²) in [4.78, 5) is 39.3. The van der Waals surface area contributed by atoms with Gasteiger partial charge in [-0.3, -0.25) is 14.4 Å². The van der Waals surface area contributed by atoms with Gasteiger partial charge in [-0.2, -0.15) is 0 Å². The summed E-state index contributed by atoms with van der Waals surface area (Å²) in [6, 6.07) is 18.6. The van der Waals surface area contributed by atoms with Crippen LogP contribution in [0.2, 0.25) is 5.02 Å². The van der Waals surface area contributed by atoms with Crippen LogP contribution in [0.15, 0.2) is 77.5 Å². The number of anilines is 3. The average molecular weight is 480 g/mol. The molecule has 4 rings (SSSR count). The summed E-state index contributed by atoms with van der Waals surface area (Å²) >= 11 is 12.1. The van der Waals surface area contributed by atoms with Crippen molar-refractivity contribution in [2.24, 2.45) is 0 Å². The number of carbonyl (C=O) groups excluding carboxylic acids is 3. The fraction of sp³-hybridized carbons (Fsp3) is 0.0800. The lowest BCUT2D eigenvalue weighted by Crippen LogP contribution is -2.32. The van der Waals surface area contributed by atoms with Crippen molar-refractivity contribution in [3.63, 3.8) is 0 Å². The number of imide groups is 1. The minimum atomic E-state index is -0.643. The number of hydrogen-bond donors (Lipinski definition) is 2. The molecule has 0 radical (unpaired) electrons. The molecule has 0 aromatic heterocycles. The topological polar surface area (TPSA) is 78.5 Å². The molecular formula is C25H19Cl2N3O3. The lowest BCUT2D eigenvalue weighted by molar-refractivity contribution is -0.120. The van der Waals surface area contributed by atoms with Crippen molar-refractivity contribution < 1.29 is 14.4 Å². The van der Waals surface area contributed by atoms with Crippen LogP contribution in [0.5, 0.6) is 0 Å². The van der Waals surface area contributed by atoms with E-state index in [4.69, 9.17) is 23.2 Å². The third-order valence-corrected chi connectivity index (χ3v) is 5.59. The van der Waals surface area contributed by atoms with E-state index >= 15 is 0 Å². The molecule has 0 atom stereocenters. The largest absolute Gasteiger partial charge is 0.350 e. The zero-order valence-electron chi connectivity index (χ0n) is 17.8. The first-order chi connectivity index (χ1) is 15.7. The second kappa shape index (κ2) is 9.10. The SMILES string of the molecule is Cc1cc(C)cc(NC(=O)c2cccc(NC3=C(Cl)C(=O)N(c4ccc(Cl)cc4)C3=O)c2)c1. The first kappa shape index (κ1) is 22.6. The van der Waals surface area contributed by atoms with Crippen LogP contribution in [0, 0.1) is 13.8 Å². The van der Waals surface area contributed by atoms with Gasteiger partial charge >= 0.3 is 0 Å². The number of amides is 3. The number of hydrogen-bond acceptors (Lipinski definition) is 4. The molecule has 1 heterocycles. The molecule has 1 aliphatic rings. The highest BCUT2D eigenvalue weighted by Crippen LogP contribution is 2.31. The first-order valence-electron chi connectivity index (χ1n) is 10.0. The fourth-order valence-corrected chi connectivity index (χ4v) is 3.91. The Kier molecular flexibility index (Phi) is 6.22. The molecule has 1 aliphatic heterocycles. The first-order valence-corrected chi connectivity index (χ1v) is 10.8. The maximum atomic E-state index is 12.9. The number of aryl methyl sites for hydroxylation is 2. The van der Waals surface area contributed by atoms with Gasteiger partial charge in [-0.15, -0.1) is 0 Å². The van der Waals surface area contributed by atoms with Crippen molar-refractivity contribution in [1.82, 2.24) is 0 Å². The average Bonchev–Trinajstić information content (AvgIpc) is 2.97. The number of nitrogens with one attached hydrogen (secondary N) is 2. The predicted octanol–water partition coefficient (Wildman–Crippen LogP) is 5.64. The minimum Gasteiger partial charge on any atom is -0.350 e. The lowest BCUT2D eigenvalue weighted by Gasteiger charge is -2.15. The van der Waals surface area contributed by atoms with Crippen LogP contribution in [0.1, 0.15) is 21.5 Å². The zero-order chi connectivity index (χ0) is 23.7. The van der Waals surface area contributed by atoms with Crippen LogP contribution in [-0.4, -0.2) is 17.7 Å². The Morgan fingerprint density at radius 1 is 0.818 bits per heavy atom. The van der Waals surface area contributed by atoms with E-state index in [-0.39, 0.29) is 16.6 Å². The summed E-state index contributed by atoms with van der Waals surface area (Å²) in [7, 11) is 0. The molecule has 6 nitrogen and oxygen atoms in total. The Morgan fingerprint density at radius 3 is 2.15 bits per heavy atom. The molecule has 0 aliphatic carbocycles. The van der Waals surface area contributed by atoms with Crippen LogP contribution in [0.3, 0.4) is 0 Å². The van der Waals surface area contributed by atoms with Crippen LogP contribution in [0.4, 0.5) is 17.1 Å². The third-order valence-electron chi connectivity index (χ3n) is 4.99. The smallest absolute Gasteiger partial charge is 0.283 e. The molecule has 3 amide bonds. The van der Waals surface area contributed by atoms with Crippen molar-refractivity contribution in [2.75, 3.05) is 15.5 Å². The Labute approximate surface area is 200 Å². The van der Waals surface area contributed by atoms with Crippen LogP contribution in [-0.2, 0) is 9.59 Å². The quantitative estimate of drug-likeness (QED) is 0.463. The van der Waals surface area contributed by atoms with E-state index in [2.05, 4.69) is 10.6 Å². The normalized spacial score (nSPS) is 13.5. The van der Waals surface area contributed by atoms with E-state index < -0.39 is 11.8 Å². The lowest BCUT2D eigenvalue weighted by atomic mass is 10.1. The number of halogens is 2. The van der Waals surface area contributed by atoms with Gasteiger partial charge in [0.1, 0.15) is 10.7 Å². The van der Waals surface area contributed by atoms with Crippen LogP contribution < -0.4 is 15.5 Å². The molecule has 8 heteroatoms. The van der Waals surface area contributed by atoms with Gasteiger partial charge in [0, 0.05) is 22.0 Å². The molecule has 0 bridgehead atoms. The minimum absolute atomic E-state index is 0.0662. The second-order valence-corrected chi connectivity index (χ2v) is 8.46. The molecule has 0 fully saturated rings. The van der Waals surface area contributed by atoms with Crippen molar-refractivity contribution in [2.45, 2.75) is 13.8 Å². The summed E-state index contributed by atoms with van der Waals surface area (Å²) in [5.74, 6) is -1.55. The van der Waals surface area contributed by atoms with Crippen LogP contribution >= 0.6 is 23.2 Å². The summed E-state index contributed by atoms with van der Waals surface area (Å²) < 4.78 is 0. The second-order valence-electron chi connectivity index (χ2n) is 7.65. The van der Waals surface area contributed by atoms with Crippen molar-refractivity contribution in [3.05, 3.63) is 99.2 Å². The van der Waals surface area contributed by atoms with E-state index in [1.165, 1.54) is 0 Å². The third kappa shape index (κ3) is 4.77. The van der Waals surface area contributed by atoms with E-state index in [0.717, 1.165) is 16.0 Å². The van der Waals surface area contributed by atoms with Gasteiger partial charge in [-0.05, 0) is 79.6 Å². The molecule has 3 aromatic carbocycles. The molecular weight excluding hydrogens is 461 g/mol. The van der Waals surface area contributed by atoms with Gasteiger partial charge in [0.05, 0.1) is 5.69 Å². The maximum Gasteiger partial charge on any atom is 0.283 e. The van der Waals surface area contributed by atoms with Gasteiger partial charge < -0.3 is 10.6 Å². The summed E-state index contributed by atoms with van der Waals surface area (Å²) in [5, 5.41) is 6.00. The molecule has 0 saturated heterocycles. The number of benzene rings is 3. The Morgan fingerprint density at radius 2 is 1.48 bits per heavy atom. The molecule has 33 heavy (non-hydrogen) atoms. The van der Waals surface area contributed by atoms with Crippen molar-refractivity contribution >= 4 is 58.0 Å². The summed E-state index contributed by atoms with van der Waals surface area (Å²) in [5.41, 5.74) is 3.87. The number of rotatable bonds is 5. The highest BCUT2D eigenvalue weighted by Gasteiger charge is 2.39. The van der Waals surface area contributed by atoms with Gasteiger partial charge in [0.15, 0.2) is 0 Å². The zero-order valence-corrected chi connectivity index (χ0v) is 19.3. The van der Waals surface area contributed by atoms with E-state index in [0.29, 0.717) is 27.6 Å². The molecule has 166 valence electrons. The highest BCUT2D eigenvalue weighted by atomic mass is 35.5. The van der Waals surface area contributed by atoms with Crippen molar-refractivity contribution in [3.8, 4) is 0 Å². The van der Waals surface area contributed by atoms with Gasteiger partial charge in [-0.25, -0.2) is 4.90 Å². The summed E-state index contributed by atoms with van der Waals surface area (Å²) in [6.07, 6.45) is 0. The Bertz CT molecular complexity index is 1300. The van der Waals surface area contributed by atoms with Gasteiger partial charge in [-0.1, -0.05) is 35.3 Å². The number of carbonyl (C=O) groups is 3. The fourth-order valence-electron chi connectivity index (χ4n) is 3.57. The molecule has 0 saturated carbocycles. The highest BCUT2D eigenvalue weighted by molar-refractivity contribution is 6.53. The van der Waals surface area contributed by atoms with Gasteiger partial charge in [0.2, 0.25) is 0 Å². The summed E-state index contributed by atoms with van der Waals surface area (Å²) in [6.45, 7) is 3.91. The monoisotopic (exact) mass is 479 g/mol. The van der Waals surface area contributed by atoms with E-state index in [9.17, 15) is 14.4 Å². The predicted molar refractivity (Wildman–Crippen MR) is 131 cm³/mol. The molecule has 0 unspecified atom stereocenters. The Hall–Kier alpha value is -3.61. The number of nitrogens with zero attached hydrogens (tertiary/aromatic N) is 1. The molecule has 3 aromatic rings. The molecule has 2 N–H and O–H groups in total. The molecule has 0 spiro atoms. The Balaban J connectivity index is 1.54. The maximum absolute atomic E-state index is 12.9. The standard InChI is InChI=1S/C25H19Cl2N3O3/c1-14-10-15(2)12-19(11-14)29-23(31)16-4-3-5-18(13-16)28-22-21(27)24(32)30(25(22)33)20-8-6-17(26)7-9-20/h3-13,28H,1-2H3,(H,29,31). The van der Waals surface area contributed by atoms with Gasteiger partial charge in [0.25, 0.3) is 17.7 Å². The van der Waals surface area contributed by atoms with Crippen molar-refractivity contribution in [1.29, 1.82) is 0 Å². The van der Waals surface area contributed by atoms with Crippen LogP contribution in [0.25, 0.3) is 0 Å². The van der Waals surface area contributed by atoms with E-state index in [1.54, 1.807) is 48.5 Å².